The summed E-state index contributed by atoms with van der Waals surface area (Å²) in [7, 11) is 0. The molecule has 9 heteroatoms. The number of aromatic nitrogens is 2. The highest BCUT2D eigenvalue weighted by atomic mass is 32.2. The van der Waals surface area contributed by atoms with E-state index in [4.69, 9.17) is 5.84 Å². The first-order chi connectivity index (χ1) is 10.1. The molecular formula is C12H14N6O2S. The maximum Gasteiger partial charge on any atom is 0.332 e. The Hall–Kier alpha value is -2.39. The zero-order valence-corrected chi connectivity index (χ0v) is 12.3. The summed E-state index contributed by atoms with van der Waals surface area (Å²) < 4.78 is 0. The van der Waals surface area contributed by atoms with Crippen molar-refractivity contribution < 1.29 is 4.92 Å². The smallest absolute Gasteiger partial charge is 0.332 e. The zero-order valence-electron chi connectivity index (χ0n) is 11.5. The molecule has 4 N–H and O–H groups in total. The number of hydrogen-bond donors (Lipinski definition) is 3. The average Bonchev–Trinajstić information content (AvgIpc) is 2.46. The zero-order chi connectivity index (χ0) is 15.4. The molecule has 0 bridgehead atoms. The van der Waals surface area contributed by atoms with Gasteiger partial charge in [-0.15, -0.1) is 11.8 Å². The van der Waals surface area contributed by atoms with Crippen LogP contribution < -0.4 is 16.6 Å². The molecule has 0 saturated carbocycles. The molecule has 21 heavy (non-hydrogen) atoms. The molecule has 1 heterocycles. The number of hydrazine groups is 1. The van der Waals surface area contributed by atoms with E-state index < -0.39 is 4.92 Å². The maximum atomic E-state index is 11.2. The van der Waals surface area contributed by atoms with Crippen LogP contribution in [0, 0.1) is 17.0 Å². The van der Waals surface area contributed by atoms with Crippen LogP contribution in [0.3, 0.4) is 0 Å². The lowest BCUT2D eigenvalue weighted by Crippen LogP contribution is -2.13. The van der Waals surface area contributed by atoms with Crippen molar-refractivity contribution in [1.82, 2.24) is 9.97 Å². The molecule has 0 amide bonds. The summed E-state index contributed by atoms with van der Waals surface area (Å²) in [5.41, 5.74) is 3.08. The Labute approximate surface area is 125 Å². The predicted molar refractivity (Wildman–Crippen MR) is 82.7 cm³/mol. The van der Waals surface area contributed by atoms with Crippen molar-refractivity contribution in [3.63, 3.8) is 0 Å². The molecule has 2 rings (SSSR count). The Morgan fingerprint density at radius 1 is 1.33 bits per heavy atom. The summed E-state index contributed by atoms with van der Waals surface area (Å²) in [4.78, 5) is 19.6. The van der Waals surface area contributed by atoms with E-state index in [1.54, 1.807) is 0 Å². The van der Waals surface area contributed by atoms with Gasteiger partial charge in [0.2, 0.25) is 11.8 Å². The molecule has 0 fully saturated rings. The van der Waals surface area contributed by atoms with Crippen LogP contribution in [0.2, 0.25) is 0 Å². The van der Waals surface area contributed by atoms with Crippen LogP contribution in [0.25, 0.3) is 0 Å². The lowest BCUT2D eigenvalue weighted by molar-refractivity contribution is -0.385. The summed E-state index contributed by atoms with van der Waals surface area (Å²) in [6.07, 6.45) is 1.92. The van der Waals surface area contributed by atoms with Crippen molar-refractivity contribution in [3.05, 3.63) is 40.1 Å². The van der Waals surface area contributed by atoms with Gasteiger partial charge in [0.05, 0.1) is 10.6 Å². The number of hydrogen-bond acceptors (Lipinski definition) is 8. The van der Waals surface area contributed by atoms with Gasteiger partial charge in [-0.05, 0) is 25.3 Å². The normalized spacial score (nSPS) is 10.2. The molecule has 0 saturated heterocycles. The summed E-state index contributed by atoms with van der Waals surface area (Å²) in [5, 5.41) is 14.2. The molecule has 2 aromatic rings. The van der Waals surface area contributed by atoms with Gasteiger partial charge in [0.15, 0.2) is 0 Å². The highest BCUT2D eigenvalue weighted by molar-refractivity contribution is 7.98. The van der Waals surface area contributed by atoms with Crippen LogP contribution in [-0.2, 0) is 0 Å². The summed E-state index contributed by atoms with van der Waals surface area (Å²) in [6, 6.07) is 7.46. The van der Waals surface area contributed by atoms with Crippen molar-refractivity contribution in [2.45, 2.75) is 11.8 Å². The van der Waals surface area contributed by atoms with Gasteiger partial charge < -0.3 is 5.32 Å². The second-order valence-electron chi connectivity index (χ2n) is 4.06. The van der Waals surface area contributed by atoms with Gasteiger partial charge in [-0.25, -0.2) is 10.8 Å². The minimum atomic E-state index is -0.514. The first kappa shape index (κ1) is 15.0. The van der Waals surface area contributed by atoms with Crippen molar-refractivity contribution >= 4 is 34.9 Å². The number of nitrogens with one attached hydrogen (secondary N) is 2. The van der Waals surface area contributed by atoms with Crippen molar-refractivity contribution in [2.75, 3.05) is 17.0 Å². The number of para-hydroxylation sites is 1. The molecule has 0 spiro atoms. The topological polar surface area (TPSA) is 119 Å². The Morgan fingerprint density at radius 2 is 2.05 bits per heavy atom. The van der Waals surface area contributed by atoms with Gasteiger partial charge in [0.1, 0.15) is 5.69 Å². The Bertz CT molecular complexity index is 679. The fraction of sp³-hybridized carbons (Fsp3) is 0.167. The van der Waals surface area contributed by atoms with Gasteiger partial charge >= 0.3 is 5.69 Å². The minimum absolute atomic E-state index is 0.0990. The van der Waals surface area contributed by atoms with E-state index in [2.05, 4.69) is 20.7 Å². The fourth-order valence-corrected chi connectivity index (χ4v) is 2.37. The number of rotatable bonds is 5. The van der Waals surface area contributed by atoms with E-state index in [1.807, 2.05) is 30.5 Å². The van der Waals surface area contributed by atoms with E-state index in [0.717, 1.165) is 10.6 Å². The summed E-state index contributed by atoms with van der Waals surface area (Å²) in [5.74, 6) is 5.50. The second-order valence-corrected chi connectivity index (χ2v) is 4.90. The van der Waals surface area contributed by atoms with Crippen LogP contribution in [0.5, 0.6) is 0 Å². The third kappa shape index (κ3) is 3.20. The number of benzene rings is 1. The van der Waals surface area contributed by atoms with Crippen molar-refractivity contribution in [3.8, 4) is 0 Å². The van der Waals surface area contributed by atoms with Crippen LogP contribution in [0.4, 0.5) is 23.1 Å². The number of nitrogens with two attached hydrogens (primary N) is 1. The van der Waals surface area contributed by atoms with Crippen LogP contribution in [0.1, 0.15) is 5.69 Å². The summed E-state index contributed by atoms with van der Waals surface area (Å²) >= 11 is 1.53. The van der Waals surface area contributed by atoms with E-state index in [0.29, 0.717) is 0 Å². The number of nitro groups is 1. The van der Waals surface area contributed by atoms with E-state index in [9.17, 15) is 10.1 Å². The lowest BCUT2D eigenvalue weighted by atomic mass is 10.3. The molecule has 0 radical (unpaired) electrons. The molecule has 0 atom stereocenters. The van der Waals surface area contributed by atoms with Crippen LogP contribution in [0.15, 0.2) is 29.2 Å². The largest absolute Gasteiger partial charge is 0.333 e. The van der Waals surface area contributed by atoms with Crippen molar-refractivity contribution in [2.24, 2.45) is 5.84 Å². The Kier molecular flexibility index (Phi) is 4.55. The number of anilines is 3. The molecule has 0 aliphatic heterocycles. The van der Waals surface area contributed by atoms with Gasteiger partial charge in [0.25, 0.3) is 0 Å². The second kappa shape index (κ2) is 6.37. The third-order valence-corrected chi connectivity index (χ3v) is 3.53. The van der Waals surface area contributed by atoms with E-state index in [1.165, 1.54) is 18.7 Å². The van der Waals surface area contributed by atoms with Crippen LogP contribution in [-0.4, -0.2) is 21.1 Å². The highest BCUT2D eigenvalue weighted by Gasteiger charge is 2.22. The minimum Gasteiger partial charge on any atom is -0.333 e. The molecule has 110 valence electrons. The number of thioether (sulfide) groups is 1. The van der Waals surface area contributed by atoms with E-state index >= 15 is 0 Å². The molecular weight excluding hydrogens is 292 g/mol. The molecule has 0 unspecified atom stereocenters. The Morgan fingerprint density at radius 3 is 2.67 bits per heavy atom. The fourth-order valence-electron chi connectivity index (χ4n) is 1.81. The number of aryl methyl sites for hydroxylation is 1. The van der Waals surface area contributed by atoms with Gasteiger partial charge in [-0.1, -0.05) is 12.1 Å². The average molecular weight is 306 g/mol. The molecule has 0 aliphatic carbocycles. The van der Waals surface area contributed by atoms with Gasteiger partial charge in [-0.3, -0.25) is 15.5 Å². The number of nitrogen functional groups attached to an aromatic ring is 1. The monoisotopic (exact) mass is 306 g/mol. The van der Waals surface area contributed by atoms with Gasteiger partial charge in [-0.2, -0.15) is 4.98 Å². The first-order valence-corrected chi connectivity index (χ1v) is 7.19. The quantitative estimate of drug-likeness (QED) is 0.333. The maximum absolute atomic E-state index is 11.2. The molecule has 1 aromatic heterocycles. The third-order valence-electron chi connectivity index (χ3n) is 2.73. The lowest BCUT2D eigenvalue weighted by Gasteiger charge is -2.11. The number of nitrogens with zero attached hydrogens (tertiary/aromatic N) is 3. The molecule has 1 aromatic carbocycles. The van der Waals surface area contributed by atoms with Gasteiger partial charge in [0, 0.05) is 4.90 Å². The Balaban J connectivity index is 2.52. The molecule has 0 aliphatic rings. The van der Waals surface area contributed by atoms with Crippen molar-refractivity contribution in [1.29, 1.82) is 0 Å². The molecule has 8 nitrogen and oxygen atoms in total. The first-order valence-electron chi connectivity index (χ1n) is 5.96. The standard InChI is InChI=1S/C12H14N6O2S/c1-7-10(18(19)20)11(16-12(14-7)17-13)15-8-5-3-4-6-9(8)21-2/h3-6H,13H2,1-2H3,(H2,14,15,16,17). The highest BCUT2D eigenvalue weighted by Crippen LogP contribution is 2.32. The predicted octanol–water partition coefficient (Wildman–Crippen LogP) is 2.44. The summed E-state index contributed by atoms with van der Waals surface area (Å²) in [6.45, 7) is 1.53. The SMILES string of the molecule is CSc1ccccc1Nc1nc(NN)nc(C)c1[N+](=O)[O-]. The van der Waals surface area contributed by atoms with Crippen LogP contribution >= 0.6 is 11.8 Å². The van der Waals surface area contributed by atoms with E-state index in [-0.39, 0.29) is 23.1 Å².